The number of nitrogens with zero attached hydrogens (tertiary/aromatic N) is 4. The Balaban J connectivity index is 1.74. The highest BCUT2D eigenvalue weighted by atomic mass is 16.5. The summed E-state index contributed by atoms with van der Waals surface area (Å²) in [6.45, 7) is 3.86. The lowest BCUT2D eigenvalue weighted by molar-refractivity contribution is -0.117. The number of carbonyl (C=O) groups is 1. The summed E-state index contributed by atoms with van der Waals surface area (Å²) in [5.74, 6) is 0.151. The average Bonchev–Trinajstić information content (AvgIpc) is 3.01. The molecule has 7 heteroatoms. The summed E-state index contributed by atoms with van der Waals surface area (Å²) in [5.41, 5.74) is 3.21. The summed E-state index contributed by atoms with van der Waals surface area (Å²) in [6.07, 6.45) is 0.745. The fourth-order valence-corrected chi connectivity index (χ4v) is 2.17. The zero-order valence-electron chi connectivity index (χ0n) is 11.8. The smallest absolute Gasteiger partial charge is 0.250 e. The van der Waals surface area contributed by atoms with E-state index in [-0.39, 0.29) is 12.5 Å². The number of amides is 1. The number of benzene rings is 1. The molecule has 0 saturated carbocycles. The van der Waals surface area contributed by atoms with E-state index in [0.717, 1.165) is 28.7 Å². The van der Waals surface area contributed by atoms with Crippen LogP contribution in [0.4, 0.5) is 5.88 Å². The van der Waals surface area contributed by atoms with Crippen molar-refractivity contribution in [3.63, 3.8) is 0 Å². The second-order valence-corrected chi connectivity index (χ2v) is 4.70. The Kier molecular flexibility index (Phi) is 3.39. The van der Waals surface area contributed by atoms with Gasteiger partial charge in [-0.1, -0.05) is 24.2 Å². The summed E-state index contributed by atoms with van der Waals surface area (Å²) in [5, 5.41) is 15.0. The number of aromatic nitrogens is 4. The number of nitrogens with one attached hydrogen (secondary N) is 1. The van der Waals surface area contributed by atoms with E-state index in [1.54, 1.807) is 0 Å². The molecule has 2 heterocycles. The van der Waals surface area contributed by atoms with Crippen LogP contribution in [-0.4, -0.2) is 26.1 Å². The third-order valence-electron chi connectivity index (χ3n) is 3.20. The Morgan fingerprint density at radius 3 is 2.57 bits per heavy atom. The van der Waals surface area contributed by atoms with Crippen molar-refractivity contribution < 1.29 is 9.32 Å². The normalized spacial score (nSPS) is 11.0. The standard InChI is InChI=1S/C14H15N5O2/c1-3-10-9(2)18-21-14(10)15-13(20)8-19-16-11-6-4-5-7-12(11)17-19/h4-7H,3,8H2,1-2H3,(H,15,20). The quantitative estimate of drug-likeness (QED) is 0.791. The molecule has 3 aromatic rings. The summed E-state index contributed by atoms with van der Waals surface area (Å²) in [6, 6.07) is 7.47. The van der Waals surface area contributed by atoms with Crippen LogP contribution >= 0.6 is 0 Å². The number of hydrogen-bond acceptors (Lipinski definition) is 5. The number of rotatable bonds is 4. The molecule has 21 heavy (non-hydrogen) atoms. The monoisotopic (exact) mass is 285 g/mol. The van der Waals surface area contributed by atoms with Gasteiger partial charge in [-0.3, -0.25) is 10.1 Å². The molecule has 108 valence electrons. The Morgan fingerprint density at radius 1 is 1.29 bits per heavy atom. The van der Waals surface area contributed by atoms with Gasteiger partial charge in [-0.05, 0) is 25.5 Å². The van der Waals surface area contributed by atoms with Crippen molar-refractivity contribution in [2.75, 3.05) is 5.32 Å². The Morgan fingerprint density at radius 2 is 1.95 bits per heavy atom. The molecule has 0 aliphatic carbocycles. The van der Waals surface area contributed by atoms with Crippen LogP contribution in [0.5, 0.6) is 0 Å². The van der Waals surface area contributed by atoms with Crippen LogP contribution in [0.25, 0.3) is 11.0 Å². The van der Waals surface area contributed by atoms with Crippen LogP contribution in [0.3, 0.4) is 0 Å². The number of hydrogen-bond donors (Lipinski definition) is 1. The van der Waals surface area contributed by atoms with Crippen molar-refractivity contribution in [1.82, 2.24) is 20.2 Å². The van der Waals surface area contributed by atoms with Crippen molar-refractivity contribution in [3.8, 4) is 0 Å². The minimum atomic E-state index is -0.249. The van der Waals surface area contributed by atoms with Gasteiger partial charge in [0.1, 0.15) is 17.6 Å². The predicted molar refractivity (Wildman–Crippen MR) is 76.8 cm³/mol. The van der Waals surface area contributed by atoms with Crippen molar-refractivity contribution in [1.29, 1.82) is 0 Å². The van der Waals surface area contributed by atoms with Crippen molar-refractivity contribution >= 4 is 22.8 Å². The summed E-state index contributed by atoms with van der Waals surface area (Å²) >= 11 is 0. The van der Waals surface area contributed by atoms with Gasteiger partial charge in [0.25, 0.3) is 0 Å². The molecule has 0 saturated heterocycles. The van der Waals surface area contributed by atoms with E-state index in [1.165, 1.54) is 4.80 Å². The van der Waals surface area contributed by atoms with E-state index in [4.69, 9.17) is 4.52 Å². The van der Waals surface area contributed by atoms with Crippen LogP contribution in [0.15, 0.2) is 28.8 Å². The first-order valence-electron chi connectivity index (χ1n) is 6.72. The summed E-state index contributed by atoms with van der Waals surface area (Å²) in [7, 11) is 0. The average molecular weight is 285 g/mol. The summed E-state index contributed by atoms with van der Waals surface area (Å²) in [4.78, 5) is 13.4. The van der Waals surface area contributed by atoms with Gasteiger partial charge in [-0.25, -0.2) is 0 Å². The zero-order chi connectivity index (χ0) is 14.8. The van der Waals surface area contributed by atoms with Gasteiger partial charge >= 0.3 is 0 Å². The number of aryl methyl sites for hydroxylation is 1. The highest BCUT2D eigenvalue weighted by molar-refractivity contribution is 5.90. The molecule has 0 bridgehead atoms. The molecule has 1 N–H and O–H groups in total. The van der Waals surface area contributed by atoms with Crippen LogP contribution in [-0.2, 0) is 17.8 Å². The SMILES string of the molecule is CCc1c(C)noc1NC(=O)Cn1nc2ccccc2n1. The molecule has 3 rings (SSSR count). The Bertz CT molecular complexity index is 757. The molecule has 0 aliphatic rings. The topological polar surface area (TPSA) is 85.8 Å². The second-order valence-electron chi connectivity index (χ2n) is 4.70. The number of fused-ring (bicyclic) bond motifs is 1. The van der Waals surface area contributed by atoms with E-state index >= 15 is 0 Å². The van der Waals surface area contributed by atoms with Gasteiger partial charge in [0.15, 0.2) is 0 Å². The molecule has 0 radical (unpaired) electrons. The van der Waals surface area contributed by atoms with Crippen LogP contribution < -0.4 is 5.32 Å². The molecular weight excluding hydrogens is 270 g/mol. The van der Waals surface area contributed by atoms with Gasteiger partial charge in [0.2, 0.25) is 11.8 Å². The van der Waals surface area contributed by atoms with E-state index in [0.29, 0.717) is 5.88 Å². The first-order chi connectivity index (χ1) is 10.2. The highest BCUT2D eigenvalue weighted by Gasteiger charge is 2.15. The van der Waals surface area contributed by atoms with Crippen molar-refractivity contribution in [2.24, 2.45) is 0 Å². The maximum absolute atomic E-state index is 12.0. The first kappa shape index (κ1) is 13.3. The van der Waals surface area contributed by atoms with Crippen molar-refractivity contribution in [3.05, 3.63) is 35.5 Å². The van der Waals surface area contributed by atoms with E-state index in [9.17, 15) is 4.79 Å². The van der Waals surface area contributed by atoms with Gasteiger partial charge in [0, 0.05) is 5.56 Å². The third-order valence-corrected chi connectivity index (χ3v) is 3.20. The zero-order valence-corrected chi connectivity index (χ0v) is 11.8. The first-order valence-corrected chi connectivity index (χ1v) is 6.72. The molecule has 0 spiro atoms. The lowest BCUT2D eigenvalue weighted by Gasteiger charge is -2.02. The minimum absolute atomic E-state index is 0.0254. The van der Waals surface area contributed by atoms with Crippen LogP contribution in [0.1, 0.15) is 18.2 Å². The van der Waals surface area contributed by atoms with E-state index in [1.807, 2.05) is 38.1 Å². The molecule has 2 aromatic heterocycles. The minimum Gasteiger partial charge on any atom is -0.338 e. The molecule has 1 amide bonds. The third kappa shape index (κ3) is 2.62. The fraction of sp³-hybridized carbons (Fsp3) is 0.286. The lowest BCUT2D eigenvalue weighted by atomic mass is 10.2. The largest absolute Gasteiger partial charge is 0.338 e. The highest BCUT2D eigenvalue weighted by Crippen LogP contribution is 2.19. The number of anilines is 1. The van der Waals surface area contributed by atoms with E-state index < -0.39 is 0 Å². The Hall–Kier alpha value is -2.70. The van der Waals surface area contributed by atoms with E-state index in [2.05, 4.69) is 20.7 Å². The van der Waals surface area contributed by atoms with Gasteiger partial charge in [-0.15, -0.1) is 0 Å². The second kappa shape index (κ2) is 5.35. The molecule has 0 aliphatic heterocycles. The molecule has 0 atom stereocenters. The molecule has 0 fully saturated rings. The lowest BCUT2D eigenvalue weighted by Crippen LogP contribution is -2.20. The van der Waals surface area contributed by atoms with Crippen molar-refractivity contribution in [2.45, 2.75) is 26.8 Å². The summed E-state index contributed by atoms with van der Waals surface area (Å²) < 4.78 is 5.12. The predicted octanol–water partition coefficient (Wildman–Crippen LogP) is 1.93. The molecule has 7 nitrogen and oxygen atoms in total. The van der Waals surface area contributed by atoms with Crippen LogP contribution in [0.2, 0.25) is 0 Å². The molecular formula is C14H15N5O2. The Labute approximate surface area is 120 Å². The fourth-order valence-electron chi connectivity index (χ4n) is 2.17. The van der Waals surface area contributed by atoms with Gasteiger partial charge < -0.3 is 4.52 Å². The van der Waals surface area contributed by atoms with Gasteiger partial charge in [-0.2, -0.15) is 15.0 Å². The molecule has 0 unspecified atom stereocenters. The maximum atomic E-state index is 12.0. The maximum Gasteiger partial charge on any atom is 0.250 e. The molecule has 1 aromatic carbocycles. The van der Waals surface area contributed by atoms with Crippen LogP contribution in [0, 0.1) is 6.92 Å². The van der Waals surface area contributed by atoms with Gasteiger partial charge in [0.05, 0.1) is 5.69 Å². The number of carbonyl (C=O) groups excluding carboxylic acids is 1.